The Labute approximate surface area is 152 Å². The molecule has 0 unspecified atom stereocenters. The molecule has 0 radical (unpaired) electrons. The maximum absolute atomic E-state index is 12.3. The first-order valence-corrected chi connectivity index (χ1v) is 8.16. The Morgan fingerprint density at radius 1 is 1.04 bits per heavy atom. The standard InChI is InChI=1S/C17H18N6O4/c1-10-7-11(2)22(20-10)8-14(24)18-19-15(25)9-23-17(27)13-6-4-3-5-12(13)16(26)21-23/h3-7H,8-9H2,1-2H3,(H,18,24)(H,19,25)(H,21,26). The molecule has 0 aliphatic heterocycles. The lowest BCUT2D eigenvalue weighted by molar-refractivity contribution is -0.129. The van der Waals surface area contributed by atoms with Crippen molar-refractivity contribution in [3.8, 4) is 0 Å². The van der Waals surface area contributed by atoms with Gasteiger partial charge in [0, 0.05) is 5.69 Å². The van der Waals surface area contributed by atoms with E-state index >= 15 is 0 Å². The monoisotopic (exact) mass is 370 g/mol. The fourth-order valence-corrected chi connectivity index (χ4v) is 2.69. The third kappa shape index (κ3) is 3.94. The van der Waals surface area contributed by atoms with Crippen LogP contribution in [0.1, 0.15) is 11.4 Å². The van der Waals surface area contributed by atoms with Crippen molar-refractivity contribution < 1.29 is 9.59 Å². The molecule has 2 heterocycles. The molecule has 2 amide bonds. The second-order valence-corrected chi connectivity index (χ2v) is 6.06. The van der Waals surface area contributed by atoms with Gasteiger partial charge >= 0.3 is 0 Å². The van der Waals surface area contributed by atoms with E-state index in [-0.39, 0.29) is 17.3 Å². The van der Waals surface area contributed by atoms with Crippen LogP contribution in [0.25, 0.3) is 10.8 Å². The summed E-state index contributed by atoms with van der Waals surface area (Å²) in [4.78, 5) is 48.3. The van der Waals surface area contributed by atoms with E-state index in [1.165, 1.54) is 16.8 Å². The highest BCUT2D eigenvalue weighted by Gasteiger charge is 2.12. The number of hydrogen-bond donors (Lipinski definition) is 3. The maximum atomic E-state index is 12.3. The number of rotatable bonds is 4. The van der Waals surface area contributed by atoms with E-state index in [1.54, 1.807) is 12.1 Å². The molecule has 3 aromatic rings. The molecule has 10 nitrogen and oxygen atoms in total. The summed E-state index contributed by atoms with van der Waals surface area (Å²) >= 11 is 0. The summed E-state index contributed by atoms with van der Waals surface area (Å²) in [7, 11) is 0. The number of aromatic nitrogens is 4. The zero-order valence-electron chi connectivity index (χ0n) is 14.8. The fraction of sp³-hybridized carbons (Fsp3) is 0.235. The number of amides is 2. The molecule has 0 bridgehead atoms. The van der Waals surface area contributed by atoms with Crippen molar-refractivity contribution in [2.24, 2.45) is 0 Å². The van der Waals surface area contributed by atoms with E-state index in [9.17, 15) is 19.2 Å². The van der Waals surface area contributed by atoms with Crippen molar-refractivity contribution in [1.29, 1.82) is 0 Å². The van der Waals surface area contributed by atoms with E-state index in [2.05, 4.69) is 21.0 Å². The molecule has 27 heavy (non-hydrogen) atoms. The first-order valence-electron chi connectivity index (χ1n) is 8.16. The first-order chi connectivity index (χ1) is 12.8. The van der Waals surface area contributed by atoms with E-state index in [0.29, 0.717) is 0 Å². The fourth-order valence-electron chi connectivity index (χ4n) is 2.69. The average Bonchev–Trinajstić information content (AvgIpc) is 2.94. The Morgan fingerprint density at radius 2 is 1.67 bits per heavy atom. The van der Waals surface area contributed by atoms with Crippen LogP contribution in [0.15, 0.2) is 39.9 Å². The van der Waals surface area contributed by atoms with Crippen LogP contribution in [0.4, 0.5) is 0 Å². The van der Waals surface area contributed by atoms with Gasteiger partial charge in [-0.1, -0.05) is 12.1 Å². The Morgan fingerprint density at radius 3 is 2.30 bits per heavy atom. The van der Waals surface area contributed by atoms with Gasteiger partial charge in [-0.15, -0.1) is 0 Å². The minimum Gasteiger partial charge on any atom is -0.271 e. The lowest BCUT2D eigenvalue weighted by Crippen LogP contribution is -2.46. The number of carbonyl (C=O) groups is 2. The molecule has 0 saturated carbocycles. The van der Waals surface area contributed by atoms with Crippen LogP contribution in [0, 0.1) is 13.8 Å². The van der Waals surface area contributed by atoms with Gasteiger partial charge in [0.2, 0.25) is 0 Å². The van der Waals surface area contributed by atoms with Crippen LogP contribution in [-0.2, 0) is 22.7 Å². The Kier molecular flexibility index (Phi) is 4.88. The highest BCUT2D eigenvalue weighted by atomic mass is 16.2. The molecule has 0 aliphatic carbocycles. The smallest absolute Gasteiger partial charge is 0.271 e. The van der Waals surface area contributed by atoms with Gasteiger partial charge in [-0.2, -0.15) is 5.10 Å². The molecular weight excluding hydrogens is 352 g/mol. The topological polar surface area (TPSA) is 131 Å². The normalized spacial score (nSPS) is 10.7. The first kappa shape index (κ1) is 18.1. The predicted octanol–water partition coefficient (Wildman–Crippen LogP) is -0.649. The van der Waals surface area contributed by atoms with Crippen molar-refractivity contribution >= 4 is 22.6 Å². The third-order valence-corrected chi connectivity index (χ3v) is 3.92. The molecule has 10 heteroatoms. The highest BCUT2D eigenvalue weighted by molar-refractivity contribution is 5.83. The van der Waals surface area contributed by atoms with Crippen LogP contribution in [0.5, 0.6) is 0 Å². The maximum Gasteiger partial charge on any atom is 0.273 e. The number of H-pyrrole nitrogens is 1. The van der Waals surface area contributed by atoms with E-state index < -0.39 is 29.5 Å². The number of nitrogens with zero attached hydrogens (tertiary/aromatic N) is 3. The van der Waals surface area contributed by atoms with Gasteiger partial charge in [-0.05, 0) is 32.0 Å². The zero-order chi connectivity index (χ0) is 19.6. The van der Waals surface area contributed by atoms with Gasteiger partial charge in [-0.25, -0.2) is 4.68 Å². The van der Waals surface area contributed by atoms with Crippen LogP contribution < -0.4 is 22.0 Å². The van der Waals surface area contributed by atoms with E-state index in [4.69, 9.17) is 0 Å². The predicted molar refractivity (Wildman–Crippen MR) is 96.8 cm³/mol. The second-order valence-electron chi connectivity index (χ2n) is 6.06. The minimum absolute atomic E-state index is 0.0628. The molecule has 0 aliphatic rings. The summed E-state index contributed by atoms with van der Waals surface area (Å²) in [5.41, 5.74) is 5.07. The average molecular weight is 370 g/mol. The number of fused-ring (bicyclic) bond motifs is 1. The van der Waals surface area contributed by atoms with E-state index in [0.717, 1.165) is 16.1 Å². The van der Waals surface area contributed by atoms with Gasteiger partial charge in [0.05, 0.1) is 16.5 Å². The quantitative estimate of drug-likeness (QED) is 0.525. The Balaban J connectivity index is 1.64. The summed E-state index contributed by atoms with van der Waals surface area (Å²) in [5, 5.41) is 6.96. The van der Waals surface area contributed by atoms with E-state index in [1.807, 2.05) is 19.9 Å². The molecule has 0 saturated heterocycles. The molecule has 3 N–H and O–H groups in total. The van der Waals surface area contributed by atoms with Crippen molar-refractivity contribution in [1.82, 2.24) is 30.4 Å². The summed E-state index contributed by atoms with van der Waals surface area (Å²) in [6.07, 6.45) is 0. The molecule has 0 atom stereocenters. The number of hydrogen-bond acceptors (Lipinski definition) is 5. The molecule has 140 valence electrons. The number of aromatic amines is 1. The van der Waals surface area contributed by atoms with Crippen LogP contribution >= 0.6 is 0 Å². The summed E-state index contributed by atoms with van der Waals surface area (Å²) < 4.78 is 2.40. The molecular formula is C17H18N6O4. The third-order valence-electron chi connectivity index (χ3n) is 3.92. The molecule has 1 aromatic carbocycles. The lowest BCUT2D eigenvalue weighted by atomic mass is 10.2. The Bertz CT molecular complexity index is 1140. The van der Waals surface area contributed by atoms with Gasteiger partial charge in [0.1, 0.15) is 13.1 Å². The van der Waals surface area contributed by atoms with Gasteiger partial charge in [-0.3, -0.25) is 39.8 Å². The Hall–Kier alpha value is -3.69. The summed E-state index contributed by atoms with van der Waals surface area (Å²) in [6.45, 7) is 3.12. The largest absolute Gasteiger partial charge is 0.273 e. The van der Waals surface area contributed by atoms with Crippen LogP contribution in [0.2, 0.25) is 0 Å². The molecule has 0 spiro atoms. The number of carbonyl (C=O) groups excluding carboxylic acids is 2. The summed E-state index contributed by atoms with van der Waals surface area (Å²) in [6, 6.07) is 8.14. The van der Waals surface area contributed by atoms with Crippen LogP contribution in [0.3, 0.4) is 0 Å². The van der Waals surface area contributed by atoms with Crippen molar-refractivity contribution in [3.63, 3.8) is 0 Å². The minimum atomic E-state index is -0.662. The van der Waals surface area contributed by atoms with Crippen molar-refractivity contribution in [3.05, 3.63) is 62.4 Å². The highest BCUT2D eigenvalue weighted by Crippen LogP contribution is 2.02. The summed E-state index contributed by atoms with van der Waals surface area (Å²) in [5.74, 6) is -1.14. The zero-order valence-corrected chi connectivity index (χ0v) is 14.8. The van der Waals surface area contributed by atoms with Gasteiger partial charge in [0.25, 0.3) is 22.9 Å². The SMILES string of the molecule is Cc1cc(C)n(CC(=O)NNC(=O)Cn2[nH]c(=O)c3ccccc3c2=O)n1. The number of benzene rings is 1. The lowest BCUT2D eigenvalue weighted by Gasteiger charge is -2.10. The molecule has 3 rings (SSSR count). The van der Waals surface area contributed by atoms with Crippen LogP contribution in [-0.4, -0.2) is 31.4 Å². The van der Waals surface area contributed by atoms with Crippen molar-refractivity contribution in [2.75, 3.05) is 0 Å². The molecule has 2 aromatic heterocycles. The molecule has 0 fully saturated rings. The second kappa shape index (κ2) is 7.28. The number of nitrogens with one attached hydrogen (secondary N) is 3. The van der Waals surface area contributed by atoms with Gasteiger partial charge < -0.3 is 0 Å². The van der Waals surface area contributed by atoms with Crippen molar-refractivity contribution in [2.45, 2.75) is 26.9 Å². The number of aryl methyl sites for hydroxylation is 2. The van der Waals surface area contributed by atoms with Gasteiger partial charge in [0.15, 0.2) is 0 Å². The number of hydrazine groups is 1.